The number of nitrogens with one attached hydrogen (secondary N) is 2. The van der Waals surface area contributed by atoms with Gasteiger partial charge in [-0.15, -0.1) is 0 Å². The van der Waals surface area contributed by atoms with Crippen LogP contribution < -0.4 is 10.6 Å². The minimum atomic E-state index is 0.619. The van der Waals surface area contributed by atoms with Gasteiger partial charge in [0.25, 0.3) is 0 Å². The summed E-state index contributed by atoms with van der Waals surface area (Å²) in [4.78, 5) is 4.24. The van der Waals surface area contributed by atoms with Crippen LogP contribution in [0.2, 0.25) is 0 Å². The molecule has 24 heavy (non-hydrogen) atoms. The van der Waals surface area contributed by atoms with E-state index >= 15 is 0 Å². The molecular weight excluding hydrogens is 298 g/mol. The molecule has 2 N–H and O–H groups in total. The molecule has 1 aromatic heterocycles. The van der Waals surface area contributed by atoms with Crippen LogP contribution in [0.3, 0.4) is 0 Å². The van der Waals surface area contributed by atoms with E-state index in [1.807, 2.05) is 65.5 Å². The third-order valence-electron chi connectivity index (χ3n) is 3.63. The Labute approximate surface area is 142 Å². The smallest absolute Gasteiger partial charge is 0.191 e. The zero-order valence-corrected chi connectivity index (χ0v) is 13.7. The quantitative estimate of drug-likeness (QED) is 0.561. The van der Waals surface area contributed by atoms with Gasteiger partial charge >= 0.3 is 0 Å². The Morgan fingerprint density at radius 2 is 1.58 bits per heavy atom. The van der Waals surface area contributed by atoms with E-state index in [4.69, 9.17) is 0 Å². The average molecular weight is 319 g/mol. The van der Waals surface area contributed by atoms with E-state index in [1.54, 1.807) is 7.05 Å². The Bertz CT molecular complexity index is 778. The summed E-state index contributed by atoms with van der Waals surface area (Å²) < 4.78 is 1.87. The molecule has 5 heteroatoms. The number of nitrogens with zero attached hydrogens (tertiary/aromatic N) is 3. The molecule has 0 aliphatic heterocycles. The molecule has 0 aliphatic rings. The van der Waals surface area contributed by atoms with Crippen molar-refractivity contribution in [3.63, 3.8) is 0 Å². The number of rotatable bonds is 5. The second-order valence-electron chi connectivity index (χ2n) is 5.35. The van der Waals surface area contributed by atoms with Crippen molar-refractivity contribution in [1.29, 1.82) is 0 Å². The summed E-state index contributed by atoms with van der Waals surface area (Å²) in [5, 5.41) is 11.2. The maximum Gasteiger partial charge on any atom is 0.191 e. The van der Waals surface area contributed by atoms with Gasteiger partial charge in [0.05, 0.1) is 17.9 Å². The Hall–Kier alpha value is -3.08. The monoisotopic (exact) mass is 319 g/mol. The number of hydrogen-bond acceptors (Lipinski definition) is 2. The van der Waals surface area contributed by atoms with Crippen molar-refractivity contribution in [1.82, 2.24) is 20.4 Å². The van der Waals surface area contributed by atoms with E-state index in [1.165, 1.54) is 5.56 Å². The molecule has 1 heterocycles. The highest BCUT2D eigenvalue weighted by atomic mass is 15.3. The van der Waals surface area contributed by atoms with Crippen LogP contribution in [0.25, 0.3) is 5.69 Å². The first-order chi connectivity index (χ1) is 11.8. The summed E-state index contributed by atoms with van der Waals surface area (Å²) >= 11 is 0. The first-order valence-corrected chi connectivity index (χ1v) is 7.93. The van der Waals surface area contributed by atoms with E-state index < -0.39 is 0 Å². The fraction of sp³-hybridized carbons (Fsp3) is 0.158. The molecule has 2 aromatic carbocycles. The summed E-state index contributed by atoms with van der Waals surface area (Å²) in [6.07, 6.45) is 1.96. The van der Waals surface area contributed by atoms with Gasteiger partial charge in [-0.05, 0) is 23.8 Å². The Kier molecular flexibility index (Phi) is 5.24. The average Bonchev–Trinajstić information content (AvgIpc) is 3.12. The molecule has 0 saturated carbocycles. The standard InChI is InChI=1S/C19H21N5/c1-20-19(21-14-16-8-4-2-5-9-16)22-15-17-12-13-24(23-17)18-10-6-3-7-11-18/h2-13H,14-15H2,1H3,(H2,20,21,22). The molecule has 0 bridgehead atoms. The largest absolute Gasteiger partial charge is 0.352 e. The van der Waals surface area contributed by atoms with Crippen molar-refractivity contribution in [3.05, 3.63) is 84.2 Å². The van der Waals surface area contributed by atoms with Gasteiger partial charge in [-0.1, -0.05) is 48.5 Å². The molecule has 0 fully saturated rings. The zero-order valence-electron chi connectivity index (χ0n) is 13.7. The van der Waals surface area contributed by atoms with E-state index in [0.717, 1.165) is 23.9 Å². The van der Waals surface area contributed by atoms with Gasteiger partial charge in [-0.3, -0.25) is 4.99 Å². The van der Waals surface area contributed by atoms with Crippen molar-refractivity contribution in [2.45, 2.75) is 13.1 Å². The highest BCUT2D eigenvalue weighted by Crippen LogP contribution is 2.06. The molecule has 0 radical (unpaired) electrons. The molecule has 0 atom stereocenters. The summed E-state index contributed by atoms with van der Waals surface area (Å²) in [5.41, 5.74) is 3.23. The fourth-order valence-electron chi connectivity index (χ4n) is 2.36. The zero-order chi connectivity index (χ0) is 16.6. The van der Waals surface area contributed by atoms with Gasteiger partial charge in [-0.25, -0.2) is 4.68 Å². The van der Waals surface area contributed by atoms with Crippen LogP contribution in [-0.2, 0) is 13.1 Å². The maximum absolute atomic E-state index is 4.58. The topological polar surface area (TPSA) is 54.2 Å². The fourth-order valence-corrected chi connectivity index (χ4v) is 2.36. The van der Waals surface area contributed by atoms with E-state index in [9.17, 15) is 0 Å². The number of para-hydroxylation sites is 1. The maximum atomic E-state index is 4.58. The predicted octanol–water partition coefficient (Wildman–Crippen LogP) is 2.74. The minimum Gasteiger partial charge on any atom is -0.352 e. The molecule has 0 amide bonds. The summed E-state index contributed by atoms with van der Waals surface area (Å²) in [5.74, 6) is 0.758. The molecule has 0 aliphatic carbocycles. The number of benzene rings is 2. The lowest BCUT2D eigenvalue weighted by Gasteiger charge is -2.11. The van der Waals surface area contributed by atoms with Gasteiger partial charge in [0.1, 0.15) is 0 Å². The van der Waals surface area contributed by atoms with Gasteiger partial charge in [-0.2, -0.15) is 5.10 Å². The first kappa shape index (κ1) is 15.8. The highest BCUT2D eigenvalue weighted by molar-refractivity contribution is 5.79. The lowest BCUT2D eigenvalue weighted by Crippen LogP contribution is -2.36. The molecule has 122 valence electrons. The number of aromatic nitrogens is 2. The number of aliphatic imine (C=N–C) groups is 1. The lowest BCUT2D eigenvalue weighted by molar-refractivity contribution is 0.768. The Morgan fingerprint density at radius 1 is 0.917 bits per heavy atom. The van der Waals surface area contributed by atoms with E-state index in [-0.39, 0.29) is 0 Å². The van der Waals surface area contributed by atoms with Crippen molar-refractivity contribution in [2.75, 3.05) is 7.05 Å². The van der Waals surface area contributed by atoms with Crippen LogP contribution in [-0.4, -0.2) is 22.8 Å². The molecule has 3 aromatic rings. The van der Waals surface area contributed by atoms with Gasteiger partial charge < -0.3 is 10.6 Å². The van der Waals surface area contributed by atoms with Crippen LogP contribution >= 0.6 is 0 Å². The minimum absolute atomic E-state index is 0.619. The second-order valence-corrected chi connectivity index (χ2v) is 5.35. The highest BCUT2D eigenvalue weighted by Gasteiger charge is 2.03. The SMILES string of the molecule is CN=C(NCc1ccccc1)NCc1ccn(-c2ccccc2)n1. The Morgan fingerprint density at radius 3 is 2.29 bits per heavy atom. The predicted molar refractivity (Wildman–Crippen MR) is 97.0 cm³/mol. The van der Waals surface area contributed by atoms with Crippen LogP contribution in [0.1, 0.15) is 11.3 Å². The van der Waals surface area contributed by atoms with Crippen molar-refractivity contribution in [2.24, 2.45) is 4.99 Å². The summed E-state index contributed by atoms with van der Waals surface area (Å²) in [7, 11) is 1.77. The molecule has 0 unspecified atom stereocenters. The lowest BCUT2D eigenvalue weighted by atomic mass is 10.2. The van der Waals surface area contributed by atoms with Crippen molar-refractivity contribution >= 4 is 5.96 Å². The van der Waals surface area contributed by atoms with Gasteiger partial charge in [0.2, 0.25) is 0 Å². The van der Waals surface area contributed by atoms with Crippen molar-refractivity contribution < 1.29 is 0 Å². The second kappa shape index (κ2) is 7.97. The number of guanidine groups is 1. The third kappa shape index (κ3) is 4.23. The van der Waals surface area contributed by atoms with Crippen LogP contribution in [0.15, 0.2) is 77.9 Å². The molecule has 3 rings (SSSR count). The van der Waals surface area contributed by atoms with Gasteiger partial charge in [0, 0.05) is 19.8 Å². The molecule has 5 nitrogen and oxygen atoms in total. The molecule has 0 spiro atoms. The van der Waals surface area contributed by atoms with E-state index in [2.05, 4.69) is 32.9 Å². The number of hydrogen-bond donors (Lipinski definition) is 2. The van der Waals surface area contributed by atoms with Gasteiger partial charge in [0.15, 0.2) is 5.96 Å². The van der Waals surface area contributed by atoms with Crippen molar-refractivity contribution in [3.8, 4) is 5.69 Å². The third-order valence-corrected chi connectivity index (χ3v) is 3.63. The van der Waals surface area contributed by atoms with Crippen LogP contribution in [0.5, 0.6) is 0 Å². The first-order valence-electron chi connectivity index (χ1n) is 7.93. The molecular formula is C19H21N5. The summed E-state index contributed by atoms with van der Waals surface area (Å²) in [6.45, 7) is 1.35. The normalized spacial score (nSPS) is 11.3. The summed E-state index contributed by atoms with van der Waals surface area (Å²) in [6, 6.07) is 22.3. The van der Waals surface area contributed by atoms with Crippen LogP contribution in [0.4, 0.5) is 0 Å². The van der Waals surface area contributed by atoms with E-state index in [0.29, 0.717) is 6.54 Å². The van der Waals surface area contributed by atoms with Crippen LogP contribution in [0, 0.1) is 0 Å². The molecule has 0 saturated heterocycles. The Balaban J connectivity index is 1.54.